The molecule has 9 heteroatoms. The van der Waals surface area contributed by atoms with Crippen LogP contribution in [-0.2, 0) is 27.2 Å². The minimum atomic E-state index is -0.444. The van der Waals surface area contributed by atoms with E-state index in [0.29, 0.717) is 18.7 Å². The molecule has 0 bridgehead atoms. The number of nitrogens with one attached hydrogen (secondary N) is 1. The zero-order valence-electron chi connectivity index (χ0n) is 16.5. The number of ether oxygens (including phenoxy) is 1. The van der Waals surface area contributed by atoms with Gasteiger partial charge in [0, 0.05) is 24.4 Å². The molecule has 0 spiro atoms. The number of hydrogen-bond acceptors (Lipinski definition) is 7. The molecule has 1 aromatic carbocycles. The third-order valence-corrected chi connectivity index (χ3v) is 4.59. The van der Waals surface area contributed by atoms with E-state index in [-0.39, 0.29) is 24.9 Å². The van der Waals surface area contributed by atoms with Crippen molar-refractivity contribution in [3.05, 3.63) is 52.8 Å². The van der Waals surface area contributed by atoms with Crippen LogP contribution in [0.3, 0.4) is 0 Å². The minimum Gasteiger partial charge on any atom is -0.456 e. The molecule has 0 unspecified atom stereocenters. The van der Waals surface area contributed by atoms with Crippen molar-refractivity contribution in [1.82, 2.24) is 24.9 Å². The molecule has 0 fully saturated rings. The quantitative estimate of drug-likeness (QED) is 0.547. The van der Waals surface area contributed by atoms with Crippen LogP contribution in [0, 0.1) is 13.8 Å². The summed E-state index contributed by atoms with van der Waals surface area (Å²) >= 11 is 0. The smallest absolute Gasteiger partial charge is 0.306 e. The summed E-state index contributed by atoms with van der Waals surface area (Å²) in [5.74, 6) is -0.186. The van der Waals surface area contributed by atoms with Gasteiger partial charge in [0.1, 0.15) is 0 Å². The maximum absolute atomic E-state index is 12.0. The maximum atomic E-state index is 12.0. The Morgan fingerprint density at radius 3 is 2.66 bits per heavy atom. The van der Waals surface area contributed by atoms with E-state index in [1.807, 2.05) is 44.2 Å². The van der Waals surface area contributed by atoms with E-state index in [2.05, 4.69) is 20.4 Å². The van der Waals surface area contributed by atoms with E-state index < -0.39 is 5.97 Å². The van der Waals surface area contributed by atoms with E-state index in [0.717, 1.165) is 28.9 Å². The van der Waals surface area contributed by atoms with E-state index in [1.54, 1.807) is 4.52 Å². The number of aromatic nitrogens is 4. The van der Waals surface area contributed by atoms with Crippen molar-refractivity contribution >= 4 is 23.6 Å². The van der Waals surface area contributed by atoms with E-state index in [1.165, 1.54) is 0 Å². The van der Waals surface area contributed by atoms with Crippen LogP contribution in [-0.4, -0.2) is 44.6 Å². The number of nitrogen functional groups attached to an aromatic ring is 1. The number of anilines is 1. The lowest BCUT2D eigenvalue weighted by molar-refractivity contribution is -0.148. The number of esters is 1. The Morgan fingerprint density at radius 1 is 1.14 bits per heavy atom. The van der Waals surface area contributed by atoms with Crippen LogP contribution >= 0.6 is 0 Å². The molecule has 0 atom stereocenters. The summed E-state index contributed by atoms with van der Waals surface area (Å²) in [4.78, 5) is 32.3. The molecule has 152 valence electrons. The fourth-order valence-electron chi connectivity index (χ4n) is 3.07. The lowest BCUT2D eigenvalue weighted by Crippen LogP contribution is -2.30. The average Bonchev–Trinajstić information content (AvgIpc) is 3.07. The number of aryl methyl sites for hydroxylation is 2. The van der Waals surface area contributed by atoms with Gasteiger partial charge in [-0.2, -0.15) is 9.50 Å². The number of nitrogens with two attached hydrogens (primary N) is 1. The summed E-state index contributed by atoms with van der Waals surface area (Å²) in [5, 5.41) is 6.85. The lowest BCUT2D eigenvalue weighted by Gasteiger charge is -2.10. The van der Waals surface area contributed by atoms with Gasteiger partial charge in [0.2, 0.25) is 5.95 Å². The van der Waals surface area contributed by atoms with Crippen molar-refractivity contribution in [2.45, 2.75) is 33.1 Å². The Morgan fingerprint density at radius 2 is 1.90 bits per heavy atom. The number of carbonyl (C=O) groups excluding carboxylic acids is 2. The van der Waals surface area contributed by atoms with Crippen molar-refractivity contribution in [3.8, 4) is 0 Å². The second-order valence-electron chi connectivity index (χ2n) is 6.69. The Balaban J connectivity index is 1.44. The Kier molecular flexibility index (Phi) is 6.38. The van der Waals surface area contributed by atoms with E-state index in [9.17, 15) is 9.59 Å². The summed E-state index contributed by atoms with van der Waals surface area (Å²) in [7, 11) is 0. The van der Waals surface area contributed by atoms with Crippen LogP contribution < -0.4 is 11.1 Å². The second kappa shape index (κ2) is 9.13. The monoisotopic (exact) mass is 396 g/mol. The molecule has 0 aliphatic heterocycles. The van der Waals surface area contributed by atoms with Gasteiger partial charge >= 0.3 is 5.97 Å². The second-order valence-corrected chi connectivity index (χ2v) is 6.69. The molecule has 0 aliphatic carbocycles. The van der Waals surface area contributed by atoms with E-state index >= 15 is 0 Å². The molecule has 1 amide bonds. The van der Waals surface area contributed by atoms with Gasteiger partial charge in [-0.1, -0.05) is 30.3 Å². The Bertz CT molecular complexity index is 1020. The fraction of sp³-hybridized carbons (Fsp3) is 0.350. The van der Waals surface area contributed by atoms with Crippen molar-refractivity contribution in [2.24, 2.45) is 0 Å². The van der Waals surface area contributed by atoms with Gasteiger partial charge in [0.25, 0.3) is 11.7 Å². The largest absolute Gasteiger partial charge is 0.456 e. The highest BCUT2D eigenvalue weighted by atomic mass is 16.5. The molecule has 3 rings (SSSR count). The fourth-order valence-corrected chi connectivity index (χ4v) is 3.07. The van der Waals surface area contributed by atoms with Crippen LogP contribution in [0.1, 0.15) is 28.9 Å². The van der Waals surface area contributed by atoms with Crippen LogP contribution in [0.15, 0.2) is 30.3 Å². The van der Waals surface area contributed by atoms with Crippen LogP contribution in [0.5, 0.6) is 0 Å². The molecule has 3 aromatic rings. The standard InChI is InChI=1S/C20H24N6O3/c1-13-16(14(2)26-20(23-13)24-19(21)25-26)8-9-18(28)29-12-17(27)22-11-10-15-6-4-3-5-7-15/h3-7H,8-12H2,1-2H3,(H2,21,25)(H,22,27). The summed E-state index contributed by atoms with van der Waals surface area (Å²) < 4.78 is 6.63. The van der Waals surface area contributed by atoms with Gasteiger partial charge in [-0.05, 0) is 37.8 Å². The van der Waals surface area contributed by atoms with Gasteiger partial charge in [-0.3, -0.25) is 9.59 Å². The topological polar surface area (TPSA) is 124 Å². The van der Waals surface area contributed by atoms with Crippen LogP contribution in [0.25, 0.3) is 5.78 Å². The third-order valence-electron chi connectivity index (χ3n) is 4.59. The molecule has 2 heterocycles. The van der Waals surface area contributed by atoms with Crippen LogP contribution in [0.2, 0.25) is 0 Å². The SMILES string of the molecule is Cc1nc2nc(N)nn2c(C)c1CCC(=O)OCC(=O)NCCc1ccccc1. The van der Waals surface area contributed by atoms with Crippen molar-refractivity contribution in [2.75, 3.05) is 18.9 Å². The predicted molar refractivity (Wildman–Crippen MR) is 107 cm³/mol. The highest BCUT2D eigenvalue weighted by Crippen LogP contribution is 2.16. The molecule has 2 aromatic heterocycles. The molecular weight excluding hydrogens is 372 g/mol. The number of fused-ring (bicyclic) bond motifs is 1. The number of carbonyl (C=O) groups is 2. The van der Waals surface area contributed by atoms with Gasteiger partial charge in [-0.15, -0.1) is 5.10 Å². The van der Waals surface area contributed by atoms with Gasteiger partial charge in [-0.25, -0.2) is 4.98 Å². The van der Waals surface area contributed by atoms with Crippen molar-refractivity contribution in [1.29, 1.82) is 0 Å². The van der Waals surface area contributed by atoms with Gasteiger partial charge in [0.15, 0.2) is 6.61 Å². The summed E-state index contributed by atoms with van der Waals surface area (Å²) in [6.45, 7) is 3.92. The van der Waals surface area contributed by atoms with Gasteiger partial charge in [0.05, 0.1) is 0 Å². The van der Waals surface area contributed by atoms with Gasteiger partial charge < -0.3 is 15.8 Å². The summed E-state index contributed by atoms with van der Waals surface area (Å²) in [6, 6.07) is 9.84. The molecule has 0 aliphatic rings. The number of hydrogen-bond donors (Lipinski definition) is 2. The summed E-state index contributed by atoms with van der Waals surface area (Å²) in [6.07, 6.45) is 1.28. The first-order chi connectivity index (χ1) is 13.9. The first-order valence-electron chi connectivity index (χ1n) is 9.38. The van der Waals surface area contributed by atoms with Crippen molar-refractivity contribution in [3.63, 3.8) is 0 Å². The predicted octanol–water partition coefficient (Wildman–Crippen LogP) is 1.16. The summed E-state index contributed by atoms with van der Waals surface area (Å²) in [5.41, 5.74) is 9.22. The number of rotatable bonds is 8. The molecule has 29 heavy (non-hydrogen) atoms. The number of nitrogens with zero attached hydrogens (tertiary/aromatic N) is 4. The Hall–Kier alpha value is -3.49. The zero-order valence-corrected chi connectivity index (χ0v) is 16.5. The first-order valence-corrected chi connectivity index (χ1v) is 9.38. The number of benzene rings is 1. The highest BCUT2D eigenvalue weighted by molar-refractivity contribution is 5.80. The minimum absolute atomic E-state index is 0.135. The molecule has 0 saturated heterocycles. The molecule has 0 radical (unpaired) electrons. The molecule has 3 N–H and O–H groups in total. The molecule has 9 nitrogen and oxygen atoms in total. The first kappa shape index (κ1) is 20.2. The average molecular weight is 396 g/mol. The maximum Gasteiger partial charge on any atom is 0.306 e. The van der Waals surface area contributed by atoms with E-state index in [4.69, 9.17) is 10.5 Å². The molecule has 0 saturated carbocycles. The Labute approximate surface area is 168 Å². The normalized spacial score (nSPS) is 10.8. The molecular formula is C20H24N6O3. The highest BCUT2D eigenvalue weighted by Gasteiger charge is 2.15. The zero-order chi connectivity index (χ0) is 20.8. The lowest BCUT2D eigenvalue weighted by atomic mass is 10.1. The van der Waals surface area contributed by atoms with Crippen LogP contribution in [0.4, 0.5) is 5.95 Å². The third kappa shape index (κ3) is 5.28. The number of amides is 1. The van der Waals surface area contributed by atoms with Crippen molar-refractivity contribution < 1.29 is 14.3 Å².